The maximum atomic E-state index is 12.7. The Morgan fingerprint density at radius 1 is 1.38 bits per heavy atom. The van der Waals surface area contributed by atoms with Gasteiger partial charge in [0.25, 0.3) is 0 Å². The van der Waals surface area contributed by atoms with E-state index in [-0.39, 0.29) is 5.69 Å². The van der Waals surface area contributed by atoms with Crippen LogP contribution >= 0.6 is 0 Å². The van der Waals surface area contributed by atoms with Crippen molar-refractivity contribution in [1.29, 1.82) is 0 Å². The Morgan fingerprint density at radius 2 is 2.10 bits per heavy atom. The average Bonchev–Trinajstić information content (AvgIpc) is 2.85. The van der Waals surface area contributed by atoms with Crippen molar-refractivity contribution in [3.63, 3.8) is 0 Å². The highest BCUT2D eigenvalue weighted by molar-refractivity contribution is 5.92. The van der Waals surface area contributed by atoms with Crippen LogP contribution in [0.3, 0.4) is 0 Å². The van der Waals surface area contributed by atoms with Crippen LogP contribution in [0.1, 0.15) is 35.1 Å². The van der Waals surface area contributed by atoms with E-state index in [4.69, 9.17) is 0 Å². The summed E-state index contributed by atoms with van der Waals surface area (Å²) in [5.74, 6) is -0.799. The lowest BCUT2D eigenvalue weighted by Gasteiger charge is -2.13. The van der Waals surface area contributed by atoms with Gasteiger partial charge in [0.15, 0.2) is 0 Å². The number of hydrogen-bond acceptors (Lipinski definition) is 2. The molecule has 1 heterocycles. The van der Waals surface area contributed by atoms with Crippen molar-refractivity contribution in [3.8, 4) is 5.69 Å². The fourth-order valence-electron chi connectivity index (χ4n) is 2.06. The zero-order valence-electron chi connectivity index (χ0n) is 11.2. The number of carboxylic acid groups (broad SMARTS) is 1. The Hall–Kier alpha value is -2.31. The number of halogens is 3. The molecule has 0 aliphatic rings. The van der Waals surface area contributed by atoms with E-state index in [9.17, 15) is 23.1 Å². The molecule has 1 aromatic heterocycles. The summed E-state index contributed by atoms with van der Waals surface area (Å²) in [5.41, 5.74) is -1.21. The molecule has 21 heavy (non-hydrogen) atoms. The molecule has 0 unspecified atom stereocenters. The molecule has 0 saturated carbocycles. The molecule has 0 aliphatic carbocycles. The summed E-state index contributed by atoms with van der Waals surface area (Å²) in [6.45, 7) is 1.93. The molecule has 0 atom stereocenters. The smallest absolute Gasteiger partial charge is 0.416 e. The van der Waals surface area contributed by atoms with E-state index < -0.39 is 23.3 Å². The number of aromatic nitrogens is 2. The van der Waals surface area contributed by atoms with Gasteiger partial charge in [-0.3, -0.25) is 0 Å². The second kappa shape index (κ2) is 5.59. The number of benzene rings is 1. The van der Waals surface area contributed by atoms with Gasteiger partial charge in [-0.05, 0) is 24.6 Å². The Morgan fingerprint density at radius 3 is 2.67 bits per heavy atom. The van der Waals surface area contributed by atoms with Crippen LogP contribution in [0, 0.1) is 0 Å². The second-order valence-corrected chi connectivity index (χ2v) is 4.50. The number of nitrogens with zero attached hydrogens (tertiary/aromatic N) is 2. The Bertz CT molecular complexity index is 662. The summed E-state index contributed by atoms with van der Waals surface area (Å²) in [6, 6.07) is 2.68. The number of carbonyl (C=O) groups is 1. The minimum atomic E-state index is -4.58. The minimum Gasteiger partial charge on any atom is -0.478 e. The third kappa shape index (κ3) is 3.07. The van der Waals surface area contributed by atoms with Crippen molar-refractivity contribution in [2.75, 3.05) is 0 Å². The fraction of sp³-hybridized carbons (Fsp3) is 0.286. The molecule has 0 spiro atoms. The van der Waals surface area contributed by atoms with Gasteiger partial charge >= 0.3 is 12.1 Å². The van der Waals surface area contributed by atoms with E-state index >= 15 is 0 Å². The number of imidazole rings is 1. The summed E-state index contributed by atoms with van der Waals surface area (Å²) < 4.78 is 39.6. The molecule has 1 N–H and O–H groups in total. The molecule has 0 saturated heterocycles. The van der Waals surface area contributed by atoms with Gasteiger partial charge in [-0.2, -0.15) is 13.2 Å². The first-order chi connectivity index (χ1) is 9.84. The van der Waals surface area contributed by atoms with Crippen molar-refractivity contribution in [3.05, 3.63) is 47.5 Å². The average molecular weight is 298 g/mol. The van der Waals surface area contributed by atoms with Crippen LogP contribution in [-0.2, 0) is 12.6 Å². The molecule has 4 nitrogen and oxygen atoms in total. The summed E-state index contributed by atoms with van der Waals surface area (Å²) >= 11 is 0. The van der Waals surface area contributed by atoms with Gasteiger partial charge in [0.1, 0.15) is 5.82 Å². The zero-order valence-corrected chi connectivity index (χ0v) is 11.2. The van der Waals surface area contributed by atoms with Crippen molar-refractivity contribution >= 4 is 5.97 Å². The largest absolute Gasteiger partial charge is 0.478 e. The molecule has 0 amide bonds. The highest BCUT2D eigenvalue weighted by atomic mass is 19.4. The highest BCUT2D eigenvalue weighted by Crippen LogP contribution is 2.31. The Kier molecular flexibility index (Phi) is 4.02. The van der Waals surface area contributed by atoms with Gasteiger partial charge in [-0.1, -0.05) is 6.92 Å². The van der Waals surface area contributed by atoms with Crippen LogP contribution in [0.15, 0.2) is 30.6 Å². The molecule has 0 aliphatic heterocycles. The van der Waals surface area contributed by atoms with Gasteiger partial charge in [0.2, 0.25) is 0 Å². The standard InChI is InChI=1S/C14H13F3N2O2/c1-2-3-12-18-6-7-19(12)11-5-4-9(14(15,16)17)8-10(11)13(20)21/h4-8H,2-3H2,1H3,(H,20,21). The predicted octanol–water partition coefficient (Wildman–Crippen LogP) is 3.54. The third-order valence-corrected chi connectivity index (χ3v) is 3.00. The van der Waals surface area contributed by atoms with Gasteiger partial charge in [-0.25, -0.2) is 9.78 Å². The van der Waals surface area contributed by atoms with E-state index in [1.54, 1.807) is 6.20 Å². The van der Waals surface area contributed by atoms with Crippen LogP contribution in [-0.4, -0.2) is 20.6 Å². The van der Waals surface area contributed by atoms with E-state index in [0.717, 1.165) is 18.6 Å². The normalized spacial score (nSPS) is 11.6. The number of alkyl halides is 3. The molecule has 7 heteroatoms. The number of carboxylic acids is 1. The lowest BCUT2D eigenvalue weighted by Crippen LogP contribution is -2.12. The fourth-order valence-corrected chi connectivity index (χ4v) is 2.06. The topological polar surface area (TPSA) is 55.1 Å². The first-order valence-electron chi connectivity index (χ1n) is 6.31. The molecule has 0 fully saturated rings. The molecule has 2 aromatic rings. The minimum absolute atomic E-state index is 0.177. The number of aryl methyl sites for hydroxylation is 1. The first kappa shape index (κ1) is 15.1. The zero-order chi connectivity index (χ0) is 15.6. The summed E-state index contributed by atoms with van der Waals surface area (Å²) in [7, 11) is 0. The molecular weight excluding hydrogens is 285 g/mol. The van der Waals surface area contributed by atoms with E-state index in [0.29, 0.717) is 18.3 Å². The van der Waals surface area contributed by atoms with E-state index in [2.05, 4.69) is 4.98 Å². The Balaban J connectivity index is 2.58. The molecule has 0 radical (unpaired) electrons. The van der Waals surface area contributed by atoms with E-state index in [1.165, 1.54) is 10.8 Å². The summed E-state index contributed by atoms with van der Waals surface area (Å²) in [4.78, 5) is 15.4. The third-order valence-electron chi connectivity index (χ3n) is 3.00. The van der Waals surface area contributed by atoms with Crippen molar-refractivity contribution in [1.82, 2.24) is 9.55 Å². The first-order valence-corrected chi connectivity index (χ1v) is 6.31. The van der Waals surface area contributed by atoms with E-state index in [1.807, 2.05) is 6.92 Å². The quantitative estimate of drug-likeness (QED) is 0.939. The molecule has 0 bridgehead atoms. The number of rotatable bonds is 4. The monoisotopic (exact) mass is 298 g/mol. The predicted molar refractivity (Wildman–Crippen MR) is 69.5 cm³/mol. The van der Waals surface area contributed by atoms with Crippen LogP contribution in [0.4, 0.5) is 13.2 Å². The van der Waals surface area contributed by atoms with Gasteiger partial charge < -0.3 is 9.67 Å². The molecule has 2 rings (SSSR count). The van der Waals surface area contributed by atoms with Gasteiger partial charge in [0, 0.05) is 18.8 Å². The summed E-state index contributed by atoms with van der Waals surface area (Å²) in [5, 5.41) is 9.17. The SMILES string of the molecule is CCCc1nccn1-c1ccc(C(F)(F)F)cc1C(=O)O. The molecule has 112 valence electrons. The molecule has 1 aromatic carbocycles. The lowest BCUT2D eigenvalue weighted by atomic mass is 10.1. The van der Waals surface area contributed by atoms with Crippen LogP contribution < -0.4 is 0 Å². The van der Waals surface area contributed by atoms with Crippen LogP contribution in [0.5, 0.6) is 0 Å². The van der Waals surface area contributed by atoms with Crippen molar-refractivity contribution in [2.45, 2.75) is 25.9 Å². The van der Waals surface area contributed by atoms with Crippen LogP contribution in [0.25, 0.3) is 5.69 Å². The lowest BCUT2D eigenvalue weighted by molar-refractivity contribution is -0.137. The second-order valence-electron chi connectivity index (χ2n) is 4.50. The number of hydrogen-bond donors (Lipinski definition) is 1. The maximum absolute atomic E-state index is 12.7. The van der Waals surface area contributed by atoms with Crippen LogP contribution in [0.2, 0.25) is 0 Å². The molecular formula is C14H13F3N2O2. The summed E-state index contributed by atoms with van der Waals surface area (Å²) in [6.07, 6.45) is -0.147. The Labute approximate surface area is 118 Å². The van der Waals surface area contributed by atoms with Gasteiger partial charge in [0.05, 0.1) is 16.8 Å². The number of aromatic carboxylic acids is 1. The van der Waals surface area contributed by atoms with Crippen molar-refractivity contribution in [2.24, 2.45) is 0 Å². The maximum Gasteiger partial charge on any atom is 0.416 e. The van der Waals surface area contributed by atoms with Gasteiger partial charge in [-0.15, -0.1) is 0 Å². The van der Waals surface area contributed by atoms with Crippen molar-refractivity contribution < 1.29 is 23.1 Å². The highest BCUT2D eigenvalue weighted by Gasteiger charge is 2.32.